The topological polar surface area (TPSA) is 98.2 Å². The van der Waals surface area contributed by atoms with Crippen LogP contribution in [0.5, 0.6) is 0 Å². The van der Waals surface area contributed by atoms with E-state index in [1.807, 2.05) is 4.90 Å². The normalized spacial score (nSPS) is 20.5. The van der Waals surface area contributed by atoms with Crippen LogP contribution >= 0.6 is 0 Å². The summed E-state index contributed by atoms with van der Waals surface area (Å²) in [5, 5.41) is 10.6. The van der Waals surface area contributed by atoms with Crippen molar-refractivity contribution in [3.63, 3.8) is 0 Å². The highest BCUT2D eigenvalue weighted by molar-refractivity contribution is 5.53. The third-order valence-corrected chi connectivity index (χ3v) is 3.28. The monoisotopic (exact) mass is 251 g/mol. The second kappa shape index (κ2) is 5.16. The summed E-state index contributed by atoms with van der Waals surface area (Å²) in [4.78, 5) is 20.2. The van der Waals surface area contributed by atoms with Crippen LogP contribution in [0.3, 0.4) is 0 Å². The van der Waals surface area contributed by atoms with Gasteiger partial charge in [-0.3, -0.25) is 10.1 Å². The van der Waals surface area contributed by atoms with Gasteiger partial charge in [0.25, 0.3) is 0 Å². The molecule has 1 aliphatic rings. The highest BCUT2D eigenvalue weighted by atomic mass is 16.6. The molecule has 0 bridgehead atoms. The molecule has 1 aromatic heterocycles. The van der Waals surface area contributed by atoms with Gasteiger partial charge in [-0.25, -0.2) is 4.98 Å². The summed E-state index contributed by atoms with van der Waals surface area (Å²) in [5.41, 5.74) is 5.34. The molecule has 2 heterocycles. The van der Waals surface area contributed by atoms with Crippen molar-refractivity contribution in [3.05, 3.63) is 16.3 Å². The maximum Gasteiger partial charge on any atom is 0.329 e. The van der Waals surface area contributed by atoms with Gasteiger partial charge in [0, 0.05) is 13.1 Å². The Morgan fingerprint density at radius 3 is 2.94 bits per heavy atom. The minimum Gasteiger partial charge on any atom is -0.378 e. The Kier molecular flexibility index (Phi) is 3.59. The first kappa shape index (κ1) is 12.5. The first-order valence-corrected chi connectivity index (χ1v) is 6.10. The summed E-state index contributed by atoms with van der Waals surface area (Å²) in [5.74, 6) is 1.12. The minimum absolute atomic E-state index is 0.0673. The zero-order valence-electron chi connectivity index (χ0n) is 10.4. The molecule has 1 fully saturated rings. The van der Waals surface area contributed by atoms with Gasteiger partial charge in [-0.1, -0.05) is 6.92 Å². The molecule has 1 atom stereocenters. The summed E-state index contributed by atoms with van der Waals surface area (Å²) < 4.78 is 0. The first-order chi connectivity index (χ1) is 8.58. The summed E-state index contributed by atoms with van der Waals surface area (Å²) >= 11 is 0. The number of nitrogens with two attached hydrogens (primary N) is 1. The number of nitrogen functional groups attached to an aromatic ring is 1. The lowest BCUT2D eigenvalue weighted by molar-refractivity contribution is -0.384. The molecule has 1 saturated heterocycles. The predicted molar refractivity (Wildman–Crippen MR) is 68.3 cm³/mol. The summed E-state index contributed by atoms with van der Waals surface area (Å²) in [7, 11) is 0. The molecule has 98 valence electrons. The molecule has 0 amide bonds. The molecule has 1 aromatic rings. The van der Waals surface area contributed by atoms with E-state index in [0.717, 1.165) is 25.9 Å². The lowest BCUT2D eigenvalue weighted by Gasteiger charge is -2.20. The number of rotatable bonds is 2. The van der Waals surface area contributed by atoms with Crippen molar-refractivity contribution >= 4 is 17.5 Å². The molecule has 1 aliphatic heterocycles. The highest BCUT2D eigenvalue weighted by Crippen LogP contribution is 2.23. The maximum atomic E-state index is 10.6. The average molecular weight is 251 g/mol. The molecule has 2 N–H and O–H groups in total. The molecule has 0 aliphatic carbocycles. The van der Waals surface area contributed by atoms with E-state index in [2.05, 4.69) is 16.9 Å². The Bertz CT molecular complexity index is 451. The summed E-state index contributed by atoms with van der Waals surface area (Å²) in [6, 6.07) is 0. The van der Waals surface area contributed by atoms with Crippen LogP contribution in [0.1, 0.15) is 26.2 Å². The number of hydrogen-bond acceptors (Lipinski definition) is 6. The molecule has 0 spiro atoms. The molecule has 2 rings (SSSR count). The predicted octanol–water partition coefficient (Wildman–Crippen LogP) is 1.59. The Hall–Kier alpha value is -1.92. The zero-order chi connectivity index (χ0) is 13.1. The highest BCUT2D eigenvalue weighted by Gasteiger charge is 2.19. The Balaban J connectivity index is 2.18. The molecule has 0 aromatic carbocycles. The molecular formula is C11H17N5O2. The number of anilines is 2. The molecule has 7 heteroatoms. The zero-order valence-corrected chi connectivity index (χ0v) is 10.4. The van der Waals surface area contributed by atoms with Crippen LogP contribution < -0.4 is 10.6 Å². The molecule has 0 unspecified atom stereocenters. The fourth-order valence-electron chi connectivity index (χ4n) is 2.13. The Morgan fingerprint density at radius 1 is 1.50 bits per heavy atom. The molecule has 7 nitrogen and oxygen atoms in total. The van der Waals surface area contributed by atoms with Crippen LogP contribution in [-0.4, -0.2) is 28.0 Å². The van der Waals surface area contributed by atoms with Gasteiger partial charge in [0.1, 0.15) is 6.20 Å². The van der Waals surface area contributed by atoms with Gasteiger partial charge < -0.3 is 10.6 Å². The van der Waals surface area contributed by atoms with Gasteiger partial charge in [-0.15, -0.1) is 0 Å². The minimum atomic E-state index is -0.566. The SMILES string of the molecule is C[C@@H]1CCCN(c2ncc([N+](=O)[O-])c(N)n2)CC1. The summed E-state index contributed by atoms with van der Waals surface area (Å²) in [6.45, 7) is 3.98. The standard InChI is InChI=1S/C11H17N5O2/c1-8-3-2-5-15(6-4-8)11-13-7-9(16(17)18)10(12)14-11/h7-8H,2-6H2,1H3,(H2,12,13,14)/t8-/m1/s1. The number of nitro groups is 1. The van der Waals surface area contributed by atoms with Gasteiger partial charge in [0.15, 0.2) is 0 Å². The van der Waals surface area contributed by atoms with Crippen LogP contribution in [0.4, 0.5) is 17.5 Å². The second-order valence-corrected chi connectivity index (χ2v) is 4.72. The largest absolute Gasteiger partial charge is 0.378 e. The van der Waals surface area contributed by atoms with Crippen molar-refractivity contribution in [2.24, 2.45) is 5.92 Å². The van der Waals surface area contributed by atoms with E-state index >= 15 is 0 Å². The molecule has 18 heavy (non-hydrogen) atoms. The van der Waals surface area contributed by atoms with Gasteiger partial charge in [-0.05, 0) is 25.2 Å². The summed E-state index contributed by atoms with van der Waals surface area (Å²) in [6.07, 6.45) is 4.55. The fourth-order valence-corrected chi connectivity index (χ4v) is 2.13. The van der Waals surface area contributed by atoms with Gasteiger partial charge in [-0.2, -0.15) is 4.98 Å². The van der Waals surface area contributed by atoms with E-state index < -0.39 is 4.92 Å². The number of aromatic nitrogens is 2. The Labute approximate surface area is 105 Å². The van der Waals surface area contributed by atoms with Gasteiger partial charge in [0.2, 0.25) is 11.8 Å². The molecular weight excluding hydrogens is 234 g/mol. The van der Waals surface area contributed by atoms with Crippen molar-refractivity contribution in [2.75, 3.05) is 23.7 Å². The van der Waals surface area contributed by atoms with Crippen LogP contribution in [0, 0.1) is 16.0 Å². The maximum absolute atomic E-state index is 10.6. The third kappa shape index (κ3) is 2.66. The molecule has 0 saturated carbocycles. The smallest absolute Gasteiger partial charge is 0.329 e. The third-order valence-electron chi connectivity index (χ3n) is 3.28. The lowest BCUT2D eigenvalue weighted by Crippen LogP contribution is -2.26. The fraction of sp³-hybridized carbons (Fsp3) is 0.636. The first-order valence-electron chi connectivity index (χ1n) is 6.10. The van der Waals surface area contributed by atoms with Crippen molar-refractivity contribution in [1.29, 1.82) is 0 Å². The van der Waals surface area contributed by atoms with E-state index in [1.54, 1.807) is 0 Å². The van der Waals surface area contributed by atoms with E-state index in [4.69, 9.17) is 5.73 Å². The molecule has 0 radical (unpaired) electrons. The van der Waals surface area contributed by atoms with Gasteiger partial charge >= 0.3 is 5.69 Å². The number of hydrogen-bond donors (Lipinski definition) is 1. The van der Waals surface area contributed by atoms with Gasteiger partial charge in [0.05, 0.1) is 4.92 Å². The van der Waals surface area contributed by atoms with Crippen molar-refractivity contribution in [2.45, 2.75) is 26.2 Å². The van der Waals surface area contributed by atoms with E-state index in [1.165, 1.54) is 12.6 Å². The van der Waals surface area contributed by atoms with Crippen LogP contribution in [0.2, 0.25) is 0 Å². The van der Waals surface area contributed by atoms with E-state index in [9.17, 15) is 10.1 Å². The van der Waals surface area contributed by atoms with Crippen molar-refractivity contribution < 1.29 is 4.92 Å². The second-order valence-electron chi connectivity index (χ2n) is 4.72. The van der Waals surface area contributed by atoms with Crippen LogP contribution in [0.15, 0.2) is 6.20 Å². The lowest BCUT2D eigenvalue weighted by atomic mass is 10.0. The van der Waals surface area contributed by atoms with Crippen LogP contribution in [-0.2, 0) is 0 Å². The quantitative estimate of drug-likeness (QED) is 0.633. The van der Waals surface area contributed by atoms with Crippen molar-refractivity contribution in [1.82, 2.24) is 9.97 Å². The van der Waals surface area contributed by atoms with E-state index in [0.29, 0.717) is 11.9 Å². The average Bonchev–Trinajstić information content (AvgIpc) is 2.53. The van der Waals surface area contributed by atoms with Crippen molar-refractivity contribution in [3.8, 4) is 0 Å². The van der Waals surface area contributed by atoms with Crippen LogP contribution in [0.25, 0.3) is 0 Å². The number of nitrogens with zero attached hydrogens (tertiary/aromatic N) is 4. The Morgan fingerprint density at radius 2 is 2.28 bits per heavy atom. The van der Waals surface area contributed by atoms with E-state index in [-0.39, 0.29) is 11.5 Å².